The van der Waals surface area contributed by atoms with Crippen LogP contribution in [-0.4, -0.2) is 17.6 Å². The summed E-state index contributed by atoms with van der Waals surface area (Å²) >= 11 is 0. The Hall–Kier alpha value is -0.570. The Kier molecular flexibility index (Phi) is 8.31. The molecule has 0 aliphatic carbocycles. The van der Waals surface area contributed by atoms with Crippen molar-refractivity contribution in [1.82, 2.24) is 0 Å². The van der Waals surface area contributed by atoms with E-state index in [1.807, 2.05) is 27.7 Å². The predicted octanol–water partition coefficient (Wildman–Crippen LogP) is 3.90. The number of rotatable bonds is 8. The van der Waals surface area contributed by atoms with Gasteiger partial charge in [0.05, 0.1) is 5.92 Å². The first-order valence-electron chi connectivity index (χ1n) is 7.65. The fraction of sp³-hybridized carbons (Fsp3) is 0.938. The Morgan fingerprint density at radius 3 is 2.26 bits per heavy atom. The van der Waals surface area contributed by atoms with E-state index in [4.69, 9.17) is 10.5 Å². The zero-order chi connectivity index (χ0) is 15.1. The number of hydrogen-bond acceptors (Lipinski definition) is 3. The van der Waals surface area contributed by atoms with Gasteiger partial charge in [0.25, 0.3) is 0 Å². The van der Waals surface area contributed by atoms with Gasteiger partial charge < -0.3 is 10.5 Å². The summed E-state index contributed by atoms with van der Waals surface area (Å²) < 4.78 is 5.38. The molecule has 0 bridgehead atoms. The van der Waals surface area contributed by atoms with Crippen LogP contribution in [0.1, 0.15) is 73.6 Å². The Balaban J connectivity index is 4.11. The minimum absolute atomic E-state index is 0.105. The molecule has 19 heavy (non-hydrogen) atoms. The molecule has 0 spiro atoms. The van der Waals surface area contributed by atoms with Crippen molar-refractivity contribution < 1.29 is 9.53 Å². The second-order valence-corrected chi connectivity index (χ2v) is 6.82. The molecular formula is C16H33NO2. The zero-order valence-electron chi connectivity index (χ0n) is 13.7. The summed E-state index contributed by atoms with van der Waals surface area (Å²) in [6, 6.07) is -0.105. The van der Waals surface area contributed by atoms with Crippen molar-refractivity contribution in [3.05, 3.63) is 0 Å². The molecule has 0 radical (unpaired) electrons. The zero-order valence-corrected chi connectivity index (χ0v) is 13.7. The van der Waals surface area contributed by atoms with Crippen molar-refractivity contribution >= 4 is 5.97 Å². The largest absolute Gasteiger partial charge is 0.460 e. The van der Waals surface area contributed by atoms with Crippen molar-refractivity contribution in [1.29, 1.82) is 0 Å². The lowest BCUT2D eigenvalue weighted by Crippen LogP contribution is -2.38. The first kappa shape index (κ1) is 18.4. The van der Waals surface area contributed by atoms with E-state index >= 15 is 0 Å². The average Bonchev–Trinajstić information content (AvgIpc) is 2.25. The van der Waals surface area contributed by atoms with Gasteiger partial charge in [0.1, 0.15) is 5.60 Å². The third-order valence-corrected chi connectivity index (χ3v) is 3.40. The quantitative estimate of drug-likeness (QED) is 0.538. The lowest BCUT2D eigenvalue weighted by molar-refractivity contribution is -0.160. The molecule has 0 heterocycles. The Labute approximate surface area is 119 Å². The molecule has 0 aromatic carbocycles. The summed E-state index contributed by atoms with van der Waals surface area (Å²) in [5.41, 5.74) is 5.71. The number of unbranched alkanes of at least 4 members (excludes halogenated alkanes) is 2. The maximum atomic E-state index is 11.9. The lowest BCUT2D eigenvalue weighted by Gasteiger charge is -2.26. The van der Waals surface area contributed by atoms with Crippen LogP contribution in [0.15, 0.2) is 0 Å². The van der Waals surface area contributed by atoms with Crippen LogP contribution >= 0.6 is 0 Å². The monoisotopic (exact) mass is 271 g/mol. The third-order valence-electron chi connectivity index (χ3n) is 3.40. The number of carbonyl (C=O) groups excluding carboxylic acids is 1. The highest BCUT2D eigenvalue weighted by Crippen LogP contribution is 2.20. The molecule has 114 valence electrons. The van der Waals surface area contributed by atoms with Gasteiger partial charge in [-0.1, -0.05) is 46.5 Å². The maximum Gasteiger partial charge on any atom is 0.310 e. The maximum absolute atomic E-state index is 11.9. The van der Waals surface area contributed by atoms with Crippen LogP contribution < -0.4 is 5.73 Å². The molecule has 0 aliphatic heterocycles. The second-order valence-electron chi connectivity index (χ2n) is 6.82. The van der Waals surface area contributed by atoms with Crippen molar-refractivity contribution in [2.45, 2.75) is 85.3 Å². The van der Waals surface area contributed by atoms with E-state index in [9.17, 15) is 4.79 Å². The van der Waals surface area contributed by atoms with Crippen molar-refractivity contribution in [3.8, 4) is 0 Å². The summed E-state index contributed by atoms with van der Waals surface area (Å²) in [7, 11) is 0. The smallest absolute Gasteiger partial charge is 0.310 e. The van der Waals surface area contributed by atoms with Crippen LogP contribution in [0.25, 0.3) is 0 Å². The average molecular weight is 271 g/mol. The summed E-state index contributed by atoms with van der Waals surface area (Å²) in [5.74, 6) is 0.167. The molecule has 0 fully saturated rings. The van der Waals surface area contributed by atoms with Gasteiger partial charge in [-0.2, -0.15) is 0 Å². The minimum Gasteiger partial charge on any atom is -0.460 e. The molecule has 2 N–H and O–H groups in total. The molecule has 0 saturated carbocycles. The summed E-state index contributed by atoms with van der Waals surface area (Å²) in [6.07, 6.45) is 5.87. The van der Waals surface area contributed by atoms with E-state index < -0.39 is 5.60 Å². The number of ether oxygens (including phenoxy) is 1. The fourth-order valence-electron chi connectivity index (χ4n) is 2.10. The molecule has 0 amide bonds. The highest BCUT2D eigenvalue weighted by molar-refractivity contribution is 5.73. The molecular weight excluding hydrogens is 238 g/mol. The van der Waals surface area contributed by atoms with Crippen molar-refractivity contribution in [2.75, 3.05) is 0 Å². The number of esters is 1. The molecule has 0 rings (SSSR count). The summed E-state index contributed by atoms with van der Waals surface area (Å²) in [4.78, 5) is 11.9. The van der Waals surface area contributed by atoms with Crippen LogP contribution in [0.5, 0.6) is 0 Å². The normalized spacial score (nSPS) is 16.8. The molecule has 1 unspecified atom stereocenters. The number of carbonyl (C=O) groups is 1. The van der Waals surface area contributed by atoms with Crippen LogP contribution in [0.2, 0.25) is 0 Å². The van der Waals surface area contributed by atoms with E-state index in [1.165, 1.54) is 25.7 Å². The Bertz CT molecular complexity index is 258. The van der Waals surface area contributed by atoms with Gasteiger partial charge in [-0.3, -0.25) is 4.79 Å². The highest BCUT2D eigenvalue weighted by Gasteiger charge is 2.27. The molecule has 0 aromatic rings. The van der Waals surface area contributed by atoms with E-state index in [-0.39, 0.29) is 17.9 Å². The van der Waals surface area contributed by atoms with Crippen molar-refractivity contribution in [2.24, 2.45) is 17.6 Å². The molecule has 0 aromatic heterocycles. The van der Waals surface area contributed by atoms with Gasteiger partial charge in [-0.25, -0.2) is 0 Å². The molecule has 3 nitrogen and oxygen atoms in total. The minimum atomic E-state index is -0.433. The van der Waals surface area contributed by atoms with Gasteiger partial charge in [0, 0.05) is 6.04 Å². The Morgan fingerprint density at radius 2 is 1.79 bits per heavy atom. The molecule has 0 saturated heterocycles. The highest BCUT2D eigenvalue weighted by atomic mass is 16.6. The van der Waals surface area contributed by atoms with E-state index in [0.29, 0.717) is 5.92 Å². The topological polar surface area (TPSA) is 52.3 Å². The standard InChI is InChI=1S/C16H33NO2/c1-7-8-9-10-12(2)11-14(17)13(3)15(18)19-16(4,5)6/h12-14H,7-11,17H2,1-6H3/t12-,13?,14-/m0/s1. The van der Waals surface area contributed by atoms with Gasteiger partial charge in [0.2, 0.25) is 0 Å². The predicted molar refractivity (Wildman–Crippen MR) is 80.9 cm³/mol. The first-order valence-corrected chi connectivity index (χ1v) is 7.65. The molecule has 3 atom stereocenters. The first-order chi connectivity index (χ1) is 8.67. The Morgan fingerprint density at radius 1 is 1.21 bits per heavy atom. The van der Waals surface area contributed by atoms with E-state index in [2.05, 4.69) is 13.8 Å². The lowest BCUT2D eigenvalue weighted by atomic mass is 9.90. The van der Waals surface area contributed by atoms with Crippen molar-refractivity contribution in [3.63, 3.8) is 0 Å². The summed E-state index contributed by atoms with van der Waals surface area (Å²) in [5, 5.41) is 0. The van der Waals surface area contributed by atoms with Crippen LogP contribution in [0.4, 0.5) is 0 Å². The fourth-order valence-corrected chi connectivity index (χ4v) is 2.10. The van der Waals surface area contributed by atoms with E-state index in [0.717, 1.165) is 6.42 Å². The van der Waals surface area contributed by atoms with Gasteiger partial charge >= 0.3 is 5.97 Å². The van der Waals surface area contributed by atoms with Gasteiger partial charge in [-0.15, -0.1) is 0 Å². The number of hydrogen-bond donors (Lipinski definition) is 1. The van der Waals surface area contributed by atoms with Crippen LogP contribution in [0, 0.1) is 11.8 Å². The van der Waals surface area contributed by atoms with Crippen LogP contribution in [-0.2, 0) is 9.53 Å². The molecule has 3 heteroatoms. The summed E-state index contributed by atoms with van der Waals surface area (Å²) in [6.45, 7) is 12.0. The third kappa shape index (κ3) is 9.04. The van der Waals surface area contributed by atoms with E-state index in [1.54, 1.807) is 0 Å². The van der Waals surface area contributed by atoms with Crippen LogP contribution in [0.3, 0.4) is 0 Å². The molecule has 0 aliphatic rings. The van der Waals surface area contributed by atoms with Gasteiger partial charge in [-0.05, 0) is 33.1 Å². The second kappa shape index (κ2) is 8.57. The SMILES string of the molecule is CCCCC[C@H](C)C[C@H](N)C(C)C(=O)OC(C)(C)C. The van der Waals surface area contributed by atoms with Gasteiger partial charge in [0.15, 0.2) is 0 Å². The number of nitrogens with two attached hydrogens (primary N) is 1.